The molecule has 0 heterocycles. The van der Waals surface area contributed by atoms with Crippen LogP contribution in [0.2, 0.25) is 0 Å². The van der Waals surface area contributed by atoms with Gasteiger partial charge in [0, 0.05) is 6.61 Å². The summed E-state index contributed by atoms with van der Waals surface area (Å²) >= 11 is 0. The number of rotatable bonds is 13. The van der Waals surface area contributed by atoms with Gasteiger partial charge >= 0.3 is 0 Å². The fourth-order valence-electron chi connectivity index (χ4n) is 1.75. The topological polar surface area (TPSA) is 29.5 Å². The van der Waals surface area contributed by atoms with Crippen molar-refractivity contribution in [3.63, 3.8) is 0 Å². The van der Waals surface area contributed by atoms with Gasteiger partial charge in [0.15, 0.2) is 0 Å². The van der Waals surface area contributed by atoms with Gasteiger partial charge in [0.1, 0.15) is 0 Å². The SMILES string of the molecule is CCCCCC(O)/C=C/C=C/C/C=C/C/C=C/COCC. The number of unbranched alkanes of at least 4 members (excludes halogenated alkanes) is 2. The summed E-state index contributed by atoms with van der Waals surface area (Å²) in [6, 6.07) is 0. The highest BCUT2D eigenvalue weighted by atomic mass is 16.5. The zero-order valence-corrected chi connectivity index (χ0v) is 13.7. The molecule has 1 unspecified atom stereocenters. The van der Waals surface area contributed by atoms with Crippen molar-refractivity contribution in [3.05, 3.63) is 48.6 Å². The van der Waals surface area contributed by atoms with E-state index in [0.29, 0.717) is 6.61 Å². The molecule has 0 aromatic carbocycles. The van der Waals surface area contributed by atoms with Gasteiger partial charge < -0.3 is 9.84 Å². The third kappa shape index (κ3) is 16.8. The molecule has 0 aromatic heterocycles. The molecular formula is C19H32O2. The summed E-state index contributed by atoms with van der Waals surface area (Å²) < 4.78 is 5.21. The van der Waals surface area contributed by atoms with Crippen LogP contribution in [0.1, 0.15) is 52.4 Å². The smallest absolute Gasteiger partial charge is 0.0723 e. The molecule has 0 radical (unpaired) electrons. The summed E-state index contributed by atoms with van der Waals surface area (Å²) in [7, 11) is 0. The Bertz CT molecular complexity index is 314. The number of ether oxygens (including phenoxy) is 1. The highest BCUT2D eigenvalue weighted by Crippen LogP contribution is 2.04. The largest absolute Gasteiger partial charge is 0.389 e. The maximum absolute atomic E-state index is 9.68. The second-order valence-electron chi connectivity index (χ2n) is 4.95. The van der Waals surface area contributed by atoms with Crippen molar-refractivity contribution in [1.29, 1.82) is 0 Å². The van der Waals surface area contributed by atoms with Crippen molar-refractivity contribution < 1.29 is 9.84 Å². The minimum Gasteiger partial charge on any atom is -0.389 e. The molecule has 1 atom stereocenters. The highest BCUT2D eigenvalue weighted by molar-refractivity contribution is 5.07. The number of hydrogen-bond acceptors (Lipinski definition) is 2. The van der Waals surface area contributed by atoms with Crippen molar-refractivity contribution in [2.45, 2.75) is 58.5 Å². The standard InChI is InChI=1S/C19H32O2/c1-3-5-13-16-19(20)17-14-11-9-7-6-8-10-12-15-18-21-4-2/h6,8-9,11-12,14-15,17,19-20H,3-5,7,10,13,16,18H2,1-2H3/b8-6+,11-9+,15-12+,17-14+. The van der Waals surface area contributed by atoms with Gasteiger partial charge in [0.25, 0.3) is 0 Å². The second-order valence-corrected chi connectivity index (χ2v) is 4.95. The zero-order chi connectivity index (χ0) is 15.6. The van der Waals surface area contributed by atoms with Gasteiger partial charge in [-0.2, -0.15) is 0 Å². The Kier molecular flexibility index (Phi) is 16.0. The van der Waals surface area contributed by atoms with Crippen molar-refractivity contribution in [1.82, 2.24) is 0 Å². The van der Waals surface area contributed by atoms with Crippen molar-refractivity contribution in [3.8, 4) is 0 Å². The summed E-state index contributed by atoms with van der Waals surface area (Å²) in [4.78, 5) is 0. The van der Waals surface area contributed by atoms with Gasteiger partial charge in [-0.3, -0.25) is 0 Å². The van der Waals surface area contributed by atoms with Crippen molar-refractivity contribution in [2.75, 3.05) is 13.2 Å². The molecule has 0 rings (SSSR count). The summed E-state index contributed by atoms with van der Waals surface area (Å²) in [5, 5.41) is 9.68. The quantitative estimate of drug-likeness (QED) is 0.295. The highest BCUT2D eigenvalue weighted by Gasteiger charge is 1.96. The minimum atomic E-state index is -0.299. The van der Waals surface area contributed by atoms with E-state index in [1.807, 2.05) is 31.2 Å². The van der Waals surface area contributed by atoms with Gasteiger partial charge in [0.05, 0.1) is 12.7 Å². The Morgan fingerprint density at radius 3 is 2.33 bits per heavy atom. The van der Waals surface area contributed by atoms with E-state index in [1.165, 1.54) is 12.8 Å². The molecule has 0 aliphatic rings. The van der Waals surface area contributed by atoms with Crippen LogP contribution in [-0.2, 0) is 4.74 Å². The van der Waals surface area contributed by atoms with E-state index < -0.39 is 0 Å². The molecule has 0 aromatic rings. The van der Waals surface area contributed by atoms with Gasteiger partial charge in [-0.15, -0.1) is 0 Å². The predicted molar refractivity (Wildman–Crippen MR) is 92.4 cm³/mol. The van der Waals surface area contributed by atoms with Crippen LogP contribution >= 0.6 is 0 Å². The summed E-state index contributed by atoms with van der Waals surface area (Å²) in [5.74, 6) is 0. The molecule has 0 saturated carbocycles. The summed E-state index contributed by atoms with van der Waals surface area (Å²) in [6.45, 7) is 5.65. The van der Waals surface area contributed by atoms with E-state index >= 15 is 0 Å². The normalized spacial score (nSPS) is 14.2. The molecule has 0 bridgehead atoms. The van der Waals surface area contributed by atoms with Crippen LogP contribution in [0.5, 0.6) is 0 Å². The monoisotopic (exact) mass is 292 g/mol. The van der Waals surface area contributed by atoms with Gasteiger partial charge in [-0.1, -0.05) is 74.8 Å². The van der Waals surface area contributed by atoms with Crippen LogP contribution < -0.4 is 0 Å². The van der Waals surface area contributed by atoms with Gasteiger partial charge in [-0.05, 0) is 26.2 Å². The first-order valence-corrected chi connectivity index (χ1v) is 8.20. The number of aliphatic hydroxyl groups excluding tert-OH is 1. The lowest BCUT2D eigenvalue weighted by molar-refractivity contribution is 0.177. The lowest BCUT2D eigenvalue weighted by Crippen LogP contribution is -2.00. The van der Waals surface area contributed by atoms with Crippen LogP contribution in [-0.4, -0.2) is 24.4 Å². The molecule has 21 heavy (non-hydrogen) atoms. The third-order valence-electron chi connectivity index (χ3n) is 2.98. The molecule has 0 aliphatic heterocycles. The van der Waals surface area contributed by atoms with E-state index in [1.54, 1.807) is 0 Å². The molecule has 0 amide bonds. The molecule has 1 N–H and O–H groups in total. The molecule has 0 aliphatic carbocycles. The average molecular weight is 292 g/mol. The first-order valence-electron chi connectivity index (χ1n) is 8.20. The Labute approximate surface area is 130 Å². The Hall–Kier alpha value is -1.12. The lowest BCUT2D eigenvalue weighted by atomic mass is 10.1. The Morgan fingerprint density at radius 2 is 1.62 bits per heavy atom. The van der Waals surface area contributed by atoms with Gasteiger partial charge in [0.2, 0.25) is 0 Å². The zero-order valence-electron chi connectivity index (χ0n) is 13.7. The van der Waals surface area contributed by atoms with Crippen molar-refractivity contribution in [2.24, 2.45) is 0 Å². The van der Waals surface area contributed by atoms with E-state index in [-0.39, 0.29) is 6.10 Å². The molecule has 0 saturated heterocycles. The first kappa shape index (κ1) is 19.9. The van der Waals surface area contributed by atoms with E-state index in [9.17, 15) is 5.11 Å². The van der Waals surface area contributed by atoms with Crippen LogP contribution in [0, 0.1) is 0 Å². The van der Waals surface area contributed by atoms with Gasteiger partial charge in [-0.25, -0.2) is 0 Å². The van der Waals surface area contributed by atoms with Crippen LogP contribution in [0.4, 0.5) is 0 Å². The second kappa shape index (κ2) is 16.9. The van der Waals surface area contributed by atoms with E-state index in [2.05, 4.69) is 31.2 Å². The van der Waals surface area contributed by atoms with Crippen LogP contribution in [0.25, 0.3) is 0 Å². The van der Waals surface area contributed by atoms with Crippen molar-refractivity contribution >= 4 is 0 Å². The molecule has 0 fully saturated rings. The summed E-state index contributed by atoms with van der Waals surface area (Å²) in [6.07, 6.45) is 22.3. The molecule has 0 spiro atoms. The first-order chi connectivity index (χ1) is 10.3. The number of allylic oxidation sites excluding steroid dienone is 6. The number of hydrogen-bond donors (Lipinski definition) is 1. The van der Waals surface area contributed by atoms with E-state index in [0.717, 1.165) is 32.3 Å². The predicted octanol–water partition coefficient (Wildman–Crippen LogP) is 4.97. The maximum atomic E-state index is 9.68. The number of aliphatic hydroxyl groups is 1. The maximum Gasteiger partial charge on any atom is 0.0723 e. The Balaban J connectivity index is 3.56. The summed E-state index contributed by atoms with van der Waals surface area (Å²) in [5.41, 5.74) is 0. The average Bonchev–Trinajstić information content (AvgIpc) is 2.48. The van der Waals surface area contributed by atoms with E-state index in [4.69, 9.17) is 4.74 Å². The fourth-order valence-corrected chi connectivity index (χ4v) is 1.75. The Morgan fingerprint density at radius 1 is 0.905 bits per heavy atom. The fraction of sp³-hybridized carbons (Fsp3) is 0.579. The molecule has 2 heteroatoms. The van der Waals surface area contributed by atoms with Crippen LogP contribution in [0.3, 0.4) is 0 Å². The minimum absolute atomic E-state index is 0.299. The van der Waals surface area contributed by atoms with Crippen LogP contribution in [0.15, 0.2) is 48.6 Å². The lowest BCUT2D eigenvalue weighted by Gasteiger charge is -2.02. The third-order valence-corrected chi connectivity index (χ3v) is 2.98. The molecule has 120 valence electrons. The molecule has 2 nitrogen and oxygen atoms in total. The molecular weight excluding hydrogens is 260 g/mol.